The quantitative estimate of drug-likeness (QED) is 0.835. The summed E-state index contributed by atoms with van der Waals surface area (Å²) in [5.41, 5.74) is -1.46. The highest BCUT2D eigenvalue weighted by Gasteiger charge is 2.44. The molecule has 0 saturated carbocycles. The number of rotatable bonds is 2. The van der Waals surface area contributed by atoms with Crippen LogP contribution in [0.1, 0.15) is 5.56 Å². The van der Waals surface area contributed by atoms with Gasteiger partial charge in [-0.15, -0.1) is 0 Å². The fourth-order valence-electron chi connectivity index (χ4n) is 3.10. The zero-order chi connectivity index (χ0) is 16.1. The predicted octanol–water partition coefficient (Wildman–Crippen LogP) is 1.68. The summed E-state index contributed by atoms with van der Waals surface area (Å²) in [4.78, 5) is -0.880. The molecule has 0 amide bonds. The molecule has 22 heavy (non-hydrogen) atoms. The van der Waals surface area contributed by atoms with Crippen LogP contribution in [-0.2, 0) is 16.2 Å². The summed E-state index contributed by atoms with van der Waals surface area (Å²) in [6.07, 6.45) is -4.93. The summed E-state index contributed by atoms with van der Waals surface area (Å²) in [5, 5.41) is 3.13. The Morgan fingerprint density at radius 1 is 1.14 bits per heavy atom. The molecule has 2 aliphatic heterocycles. The molecule has 4 nitrogen and oxygen atoms in total. The minimum absolute atomic E-state index is 0.115. The van der Waals surface area contributed by atoms with E-state index in [9.17, 15) is 26.0 Å². The van der Waals surface area contributed by atoms with Crippen molar-refractivity contribution in [3.8, 4) is 0 Å². The van der Waals surface area contributed by atoms with Crippen molar-refractivity contribution in [1.82, 2.24) is 9.62 Å². The predicted molar refractivity (Wildman–Crippen MR) is 70.0 cm³/mol. The van der Waals surface area contributed by atoms with E-state index in [0.29, 0.717) is 19.2 Å². The molecule has 0 radical (unpaired) electrons. The van der Waals surface area contributed by atoms with Crippen LogP contribution in [-0.4, -0.2) is 38.9 Å². The van der Waals surface area contributed by atoms with Crippen LogP contribution in [0.25, 0.3) is 0 Å². The van der Waals surface area contributed by atoms with E-state index in [1.54, 1.807) is 0 Å². The monoisotopic (exact) mass is 338 g/mol. The van der Waals surface area contributed by atoms with Gasteiger partial charge in [-0.1, -0.05) is 0 Å². The number of alkyl halides is 3. The lowest BCUT2D eigenvalue weighted by Gasteiger charge is -2.20. The van der Waals surface area contributed by atoms with Crippen molar-refractivity contribution in [3.63, 3.8) is 0 Å². The van der Waals surface area contributed by atoms with Crippen LogP contribution in [0.5, 0.6) is 0 Å². The first-order chi connectivity index (χ1) is 10.2. The van der Waals surface area contributed by atoms with Crippen LogP contribution in [0, 0.1) is 17.7 Å². The first kappa shape index (κ1) is 15.7. The van der Waals surface area contributed by atoms with Crippen LogP contribution >= 0.6 is 0 Å². The average molecular weight is 338 g/mol. The number of benzene rings is 1. The maximum atomic E-state index is 13.1. The van der Waals surface area contributed by atoms with E-state index < -0.39 is 32.5 Å². The summed E-state index contributed by atoms with van der Waals surface area (Å²) >= 11 is 0. The molecule has 3 rings (SSSR count). The van der Waals surface area contributed by atoms with E-state index >= 15 is 0 Å². The van der Waals surface area contributed by atoms with Gasteiger partial charge in [-0.25, -0.2) is 12.8 Å². The highest BCUT2D eigenvalue weighted by Crippen LogP contribution is 2.38. The van der Waals surface area contributed by atoms with E-state index in [4.69, 9.17) is 0 Å². The molecule has 1 aromatic rings. The molecule has 2 heterocycles. The van der Waals surface area contributed by atoms with Gasteiger partial charge < -0.3 is 5.32 Å². The maximum Gasteiger partial charge on any atom is 0.417 e. The first-order valence-electron chi connectivity index (χ1n) is 6.77. The van der Waals surface area contributed by atoms with E-state index in [-0.39, 0.29) is 31.0 Å². The molecule has 9 heteroatoms. The number of hydrogen-bond acceptors (Lipinski definition) is 3. The molecule has 0 aliphatic carbocycles. The fourth-order valence-corrected chi connectivity index (χ4v) is 4.84. The molecule has 0 aromatic heterocycles. The Morgan fingerprint density at radius 3 is 2.27 bits per heavy atom. The van der Waals surface area contributed by atoms with Gasteiger partial charge in [0.1, 0.15) is 5.82 Å². The molecular formula is C13H14F4N2O2S. The van der Waals surface area contributed by atoms with Gasteiger partial charge in [-0.05, 0) is 43.1 Å². The topological polar surface area (TPSA) is 49.4 Å². The Balaban J connectivity index is 2.00. The molecule has 2 atom stereocenters. The summed E-state index contributed by atoms with van der Waals surface area (Å²) in [7, 11) is -4.29. The van der Waals surface area contributed by atoms with Crippen molar-refractivity contribution in [2.45, 2.75) is 11.1 Å². The van der Waals surface area contributed by atoms with Crippen LogP contribution < -0.4 is 5.32 Å². The Bertz CT molecular complexity index is 678. The number of hydrogen-bond donors (Lipinski definition) is 1. The molecule has 1 aromatic carbocycles. The summed E-state index contributed by atoms with van der Waals surface area (Å²) in [6.45, 7) is 1.70. The molecule has 0 bridgehead atoms. The molecule has 0 unspecified atom stereocenters. The van der Waals surface area contributed by atoms with Gasteiger partial charge in [0.25, 0.3) is 0 Å². The molecule has 0 spiro atoms. The van der Waals surface area contributed by atoms with Crippen molar-refractivity contribution >= 4 is 10.0 Å². The summed E-state index contributed by atoms with van der Waals surface area (Å²) < 4.78 is 78.3. The van der Waals surface area contributed by atoms with E-state index in [0.717, 1.165) is 10.4 Å². The van der Waals surface area contributed by atoms with Crippen molar-refractivity contribution in [2.24, 2.45) is 11.8 Å². The van der Waals surface area contributed by atoms with E-state index in [1.807, 2.05) is 0 Å². The number of nitrogens with zero attached hydrogens (tertiary/aromatic N) is 1. The number of nitrogens with one attached hydrogen (secondary N) is 1. The molecule has 2 aliphatic rings. The molecular weight excluding hydrogens is 324 g/mol. The molecule has 1 N–H and O–H groups in total. The number of fused-ring (bicyclic) bond motifs is 1. The lowest BCUT2D eigenvalue weighted by Crippen LogP contribution is -2.33. The van der Waals surface area contributed by atoms with Gasteiger partial charge in [-0.2, -0.15) is 17.5 Å². The van der Waals surface area contributed by atoms with Gasteiger partial charge in [0.05, 0.1) is 10.5 Å². The SMILES string of the molecule is O=S(=O)(c1ccc(F)cc1C(F)(F)F)N1C[C@H]2CNC[C@H]2C1. The Labute approximate surface area is 125 Å². The van der Waals surface area contributed by atoms with Crippen molar-refractivity contribution in [2.75, 3.05) is 26.2 Å². The molecule has 2 fully saturated rings. The van der Waals surface area contributed by atoms with E-state index in [2.05, 4.69) is 5.32 Å². The largest absolute Gasteiger partial charge is 0.417 e. The number of halogens is 4. The van der Waals surface area contributed by atoms with E-state index in [1.165, 1.54) is 0 Å². The zero-order valence-electron chi connectivity index (χ0n) is 11.4. The van der Waals surface area contributed by atoms with Gasteiger partial charge in [0.2, 0.25) is 10.0 Å². The highest BCUT2D eigenvalue weighted by molar-refractivity contribution is 7.89. The molecule has 122 valence electrons. The fraction of sp³-hybridized carbons (Fsp3) is 0.538. The van der Waals surface area contributed by atoms with Crippen molar-refractivity contribution in [1.29, 1.82) is 0 Å². The Morgan fingerprint density at radius 2 is 1.73 bits per heavy atom. The second-order valence-corrected chi connectivity index (χ2v) is 7.55. The van der Waals surface area contributed by atoms with Crippen LogP contribution in [0.15, 0.2) is 23.1 Å². The lowest BCUT2D eigenvalue weighted by molar-refractivity contribution is -0.140. The van der Waals surface area contributed by atoms with Gasteiger partial charge >= 0.3 is 6.18 Å². The summed E-state index contributed by atoms with van der Waals surface area (Å²) in [6, 6.07) is 1.66. The standard InChI is InChI=1S/C13H14F4N2O2S/c14-10-1-2-12(11(3-10)13(15,16)17)22(20,21)19-6-8-4-18-5-9(8)7-19/h1-3,8-9,18H,4-7H2/t8-,9+. The third-order valence-corrected chi connectivity index (χ3v) is 6.11. The minimum atomic E-state index is -4.93. The third-order valence-electron chi connectivity index (χ3n) is 4.22. The van der Waals surface area contributed by atoms with Crippen LogP contribution in [0.4, 0.5) is 17.6 Å². The van der Waals surface area contributed by atoms with Crippen LogP contribution in [0.2, 0.25) is 0 Å². The number of sulfonamides is 1. The van der Waals surface area contributed by atoms with Gasteiger partial charge in [0, 0.05) is 13.1 Å². The smallest absolute Gasteiger partial charge is 0.316 e. The second-order valence-electron chi connectivity index (χ2n) is 5.64. The second kappa shape index (κ2) is 5.17. The van der Waals surface area contributed by atoms with Crippen molar-refractivity contribution in [3.05, 3.63) is 29.6 Å². The highest BCUT2D eigenvalue weighted by atomic mass is 32.2. The van der Waals surface area contributed by atoms with Gasteiger partial charge in [-0.3, -0.25) is 0 Å². The third kappa shape index (κ3) is 2.61. The van der Waals surface area contributed by atoms with Crippen LogP contribution in [0.3, 0.4) is 0 Å². The maximum absolute atomic E-state index is 13.1. The zero-order valence-corrected chi connectivity index (χ0v) is 12.2. The van der Waals surface area contributed by atoms with Gasteiger partial charge in [0.15, 0.2) is 0 Å². The molecule has 2 saturated heterocycles. The van der Waals surface area contributed by atoms with Crippen molar-refractivity contribution < 1.29 is 26.0 Å². The minimum Gasteiger partial charge on any atom is -0.316 e. The Kier molecular flexibility index (Phi) is 3.69. The first-order valence-corrected chi connectivity index (χ1v) is 8.21. The Hall–Kier alpha value is -1.19. The summed E-state index contributed by atoms with van der Waals surface area (Å²) in [5.74, 6) is -0.886. The normalized spacial score (nSPS) is 26.4. The average Bonchev–Trinajstić information content (AvgIpc) is 2.98. The lowest BCUT2D eigenvalue weighted by atomic mass is 10.0.